The molecule has 0 bridgehead atoms. The molecule has 1 aromatic heterocycles. The average molecular weight is 428 g/mol. The van der Waals surface area contributed by atoms with Crippen molar-refractivity contribution in [3.05, 3.63) is 36.2 Å². The van der Waals surface area contributed by atoms with Gasteiger partial charge in [0, 0.05) is 18.3 Å². The van der Waals surface area contributed by atoms with E-state index in [2.05, 4.69) is 11.1 Å². The Balaban J connectivity index is 0.000000318. The van der Waals surface area contributed by atoms with Gasteiger partial charge in [-0.1, -0.05) is 6.08 Å². The Labute approximate surface area is 171 Å². The predicted octanol–water partition coefficient (Wildman–Crippen LogP) is 2.96. The van der Waals surface area contributed by atoms with E-state index in [9.17, 15) is 18.0 Å². The fraction of sp³-hybridized carbons (Fsp3) is 0.550. The number of hydrogen-bond acceptors (Lipinski definition) is 5. The number of nitrogens with zero attached hydrogens (tertiary/aromatic N) is 2. The van der Waals surface area contributed by atoms with Gasteiger partial charge >= 0.3 is 12.1 Å². The molecule has 0 aromatic carbocycles. The minimum absolute atomic E-state index is 0.00245. The first kappa shape index (κ1) is 22.1. The molecule has 0 spiro atoms. The van der Waals surface area contributed by atoms with Crippen LogP contribution in [0.4, 0.5) is 13.2 Å². The number of carbonyl (C=O) groups excluding carboxylic acids is 1. The van der Waals surface area contributed by atoms with Crippen molar-refractivity contribution >= 4 is 11.9 Å². The molecule has 1 N–H and O–H groups in total. The average Bonchev–Trinajstić information content (AvgIpc) is 3.38. The van der Waals surface area contributed by atoms with Crippen molar-refractivity contribution in [2.75, 3.05) is 13.2 Å². The van der Waals surface area contributed by atoms with E-state index in [4.69, 9.17) is 19.4 Å². The largest absolute Gasteiger partial charge is 0.490 e. The van der Waals surface area contributed by atoms with Crippen LogP contribution in [-0.2, 0) is 14.3 Å². The number of fused-ring (bicyclic) bond motifs is 1. The molecule has 1 saturated heterocycles. The topological polar surface area (TPSA) is 89.0 Å². The van der Waals surface area contributed by atoms with Gasteiger partial charge in [-0.15, -0.1) is 0 Å². The standard InChI is InChI=1S/C18H22N2O3.C2HF3O2/c21-18(13-4-1-2-5-13)20-10-11-22-17-15(20)7-8-16(17)23-14-6-3-9-19-12-14;3-2(4,5)1(6)7/h3-4,6,9,12,15-17H,1-2,5,7-8,10-11H2;(H,6,7)/t15-,16-,17+;/m0./s1. The molecule has 1 aromatic rings. The summed E-state index contributed by atoms with van der Waals surface area (Å²) in [4.78, 5) is 27.8. The fourth-order valence-corrected chi connectivity index (χ4v) is 3.94. The lowest BCUT2D eigenvalue weighted by Gasteiger charge is -2.39. The van der Waals surface area contributed by atoms with Crippen LogP contribution in [0.3, 0.4) is 0 Å². The maximum atomic E-state index is 12.8. The van der Waals surface area contributed by atoms with Crippen molar-refractivity contribution in [2.45, 2.75) is 56.5 Å². The van der Waals surface area contributed by atoms with Crippen molar-refractivity contribution in [3.8, 4) is 5.75 Å². The third kappa shape index (κ3) is 5.29. The molecule has 30 heavy (non-hydrogen) atoms. The lowest BCUT2D eigenvalue weighted by molar-refractivity contribution is -0.192. The van der Waals surface area contributed by atoms with Gasteiger partial charge in [-0.05, 0) is 44.2 Å². The molecule has 10 heteroatoms. The zero-order valence-electron chi connectivity index (χ0n) is 16.2. The van der Waals surface area contributed by atoms with Gasteiger partial charge in [-0.25, -0.2) is 4.79 Å². The first-order chi connectivity index (χ1) is 14.3. The molecule has 3 atom stereocenters. The van der Waals surface area contributed by atoms with E-state index < -0.39 is 12.1 Å². The number of allylic oxidation sites excluding steroid dienone is 1. The minimum Gasteiger partial charge on any atom is -0.486 e. The summed E-state index contributed by atoms with van der Waals surface area (Å²) in [7, 11) is 0. The fourth-order valence-electron chi connectivity index (χ4n) is 3.94. The number of alkyl halides is 3. The van der Waals surface area contributed by atoms with Gasteiger partial charge in [0.2, 0.25) is 5.91 Å². The number of morpholine rings is 1. The number of aliphatic carboxylic acids is 1. The molecule has 1 amide bonds. The third-order valence-electron chi connectivity index (χ3n) is 5.28. The minimum atomic E-state index is -5.08. The summed E-state index contributed by atoms with van der Waals surface area (Å²) in [5.74, 6) is -1.78. The number of carbonyl (C=O) groups is 2. The molecule has 2 fully saturated rings. The Hall–Kier alpha value is -2.62. The maximum absolute atomic E-state index is 12.8. The predicted molar refractivity (Wildman–Crippen MR) is 98.8 cm³/mol. The first-order valence-electron chi connectivity index (χ1n) is 9.76. The van der Waals surface area contributed by atoms with Gasteiger partial charge in [-0.2, -0.15) is 13.2 Å². The number of ether oxygens (including phenoxy) is 2. The highest BCUT2D eigenvalue weighted by molar-refractivity contribution is 5.94. The number of aromatic nitrogens is 1. The molecule has 0 unspecified atom stereocenters. The smallest absolute Gasteiger partial charge is 0.486 e. The van der Waals surface area contributed by atoms with Gasteiger partial charge in [0.15, 0.2) is 0 Å². The third-order valence-corrected chi connectivity index (χ3v) is 5.28. The van der Waals surface area contributed by atoms with Crippen molar-refractivity contribution in [3.63, 3.8) is 0 Å². The van der Waals surface area contributed by atoms with Gasteiger partial charge in [-0.3, -0.25) is 9.78 Å². The number of rotatable bonds is 3. The van der Waals surface area contributed by atoms with Gasteiger partial charge in [0.1, 0.15) is 18.0 Å². The highest BCUT2D eigenvalue weighted by atomic mass is 19.4. The van der Waals surface area contributed by atoms with E-state index >= 15 is 0 Å². The van der Waals surface area contributed by atoms with Crippen LogP contribution in [0.25, 0.3) is 0 Å². The number of hydrogen-bond donors (Lipinski definition) is 1. The van der Waals surface area contributed by atoms with Crippen molar-refractivity contribution in [1.29, 1.82) is 0 Å². The molecule has 2 aliphatic carbocycles. The molecule has 2 heterocycles. The Morgan fingerprint density at radius 1 is 1.30 bits per heavy atom. The summed E-state index contributed by atoms with van der Waals surface area (Å²) in [6.45, 7) is 1.28. The monoisotopic (exact) mass is 428 g/mol. The molecule has 1 aliphatic heterocycles. The highest BCUT2D eigenvalue weighted by Crippen LogP contribution is 2.34. The van der Waals surface area contributed by atoms with E-state index in [1.807, 2.05) is 17.0 Å². The zero-order valence-corrected chi connectivity index (χ0v) is 16.2. The highest BCUT2D eigenvalue weighted by Gasteiger charge is 2.46. The molecular weight excluding hydrogens is 405 g/mol. The molecule has 164 valence electrons. The summed E-state index contributed by atoms with van der Waals surface area (Å²) < 4.78 is 43.8. The van der Waals surface area contributed by atoms with Crippen molar-refractivity contribution in [2.24, 2.45) is 0 Å². The second kappa shape index (κ2) is 9.46. The molecule has 1 saturated carbocycles. The van der Waals surface area contributed by atoms with Crippen LogP contribution in [-0.4, -0.2) is 64.4 Å². The van der Waals surface area contributed by atoms with Crippen LogP contribution < -0.4 is 4.74 Å². The number of carboxylic acids is 1. The Kier molecular flexibility index (Phi) is 6.96. The lowest BCUT2D eigenvalue weighted by Crippen LogP contribution is -2.54. The molecule has 0 radical (unpaired) electrons. The SMILES string of the molecule is O=C(C1=CCCC1)N1CCO[C@H]2[C@@H](Oc3cccnc3)CC[C@@H]21.O=C(O)C(F)(F)F. The summed E-state index contributed by atoms with van der Waals surface area (Å²) in [6.07, 6.45) is 5.35. The summed E-state index contributed by atoms with van der Waals surface area (Å²) >= 11 is 0. The van der Waals surface area contributed by atoms with Crippen LogP contribution >= 0.6 is 0 Å². The Morgan fingerprint density at radius 2 is 2.07 bits per heavy atom. The zero-order chi connectivity index (χ0) is 21.7. The van der Waals surface area contributed by atoms with Crippen LogP contribution in [0.5, 0.6) is 5.75 Å². The van der Waals surface area contributed by atoms with Gasteiger partial charge in [0.05, 0.1) is 18.8 Å². The summed E-state index contributed by atoms with van der Waals surface area (Å²) in [5.41, 5.74) is 0.988. The van der Waals surface area contributed by atoms with Crippen LogP contribution in [0, 0.1) is 0 Å². The van der Waals surface area contributed by atoms with E-state index in [1.165, 1.54) is 0 Å². The van der Waals surface area contributed by atoms with Crippen molar-refractivity contribution < 1.29 is 37.3 Å². The summed E-state index contributed by atoms with van der Waals surface area (Å²) in [6, 6.07) is 3.92. The number of amides is 1. The van der Waals surface area contributed by atoms with Gasteiger partial charge in [0.25, 0.3) is 0 Å². The van der Waals surface area contributed by atoms with E-state index in [0.717, 1.165) is 43.4 Å². The molecule has 7 nitrogen and oxygen atoms in total. The number of halogens is 3. The Bertz CT molecular complexity index is 784. The number of carboxylic acid groups (broad SMARTS) is 1. The normalized spacial score (nSPS) is 25.6. The van der Waals surface area contributed by atoms with Crippen molar-refractivity contribution in [1.82, 2.24) is 9.88 Å². The van der Waals surface area contributed by atoms with Crippen LogP contribution in [0.1, 0.15) is 32.1 Å². The second-order valence-electron chi connectivity index (χ2n) is 7.25. The van der Waals surface area contributed by atoms with Crippen LogP contribution in [0.2, 0.25) is 0 Å². The van der Waals surface area contributed by atoms with Gasteiger partial charge < -0.3 is 19.5 Å². The Morgan fingerprint density at radius 3 is 2.67 bits per heavy atom. The molecule has 4 rings (SSSR count). The van der Waals surface area contributed by atoms with E-state index in [-0.39, 0.29) is 24.2 Å². The maximum Gasteiger partial charge on any atom is 0.490 e. The molecule has 3 aliphatic rings. The first-order valence-corrected chi connectivity index (χ1v) is 9.76. The quantitative estimate of drug-likeness (QED) is 0.796. The lowest BCUT2D eigenvalue weighted by atomic mass is 10.1. The van der Waals surface area contributed by atoms with E-state index in [0.29, 0.717) is 13.2 Å². The van der Waals surface area contributed by atoms with E-state index in [1.54, 1.807) is 12.4 Å². The summed E-state index contributed by atoms with van der Waals surface area (Å²) in [5, 5.41) is 7.12. The second-order valence-corrected chi connectivity index (χ2v) is 7.25. The molecular formula is C20H23F3N2O5. The number of pyridine rings is 1. The van der Waals surface area contributed by atoms with Crippen LogP contribution in [0.15, 0.2) is 36.2 Å².